The summed E-state index contributed by atoms with van der Waals surface area (Å²) >= 11 is 6.68. The SMILES string of the molecule is Cc1sc(NC(=O)c2cc(Br)ccc2I)c(C(=O)O)c1C. The Morgan fingerprint density at radius 3 is 2.62 bits per heavy atom. The van der Waals surface area contributed by atoms with Crippen LogP contribution in [0.15, 0.2) is 22.7 Å². The maximum Gasteiger partial charge on any atom is 0.338 e. The molecule has 0 saturated carbocycles. The first-order valence-corrected chi connectivity index (χ1v) is 8.59. The maximum absolute atomic E-state index is 12.4. The van der Waals surface area contributed by atoms with Crippen LogP contribution in [0.2, 0.25) is 0 Å². The van der Waals surface area contributed by atoms with Crippen LogP contribution < -0.4 is 5.32 Å². The Morgan fingerprint density at radius 2 is 2.00 bits per heavy atom. The van der Waals surface area contributed by atoms with Gasteiger partial charge in [-0.05, 0) is 60.2 Å². The minimum Gasteiger partial charge on any atom is -0.478 e. The number of aromatic carboxylic acids is 1. The molecule has 0 aliphatic rings. The molecule has 0 radical (unpaired) electrons. The third kappa shape index (κ3) is 3.46. The predicted molar refractivity (Wildman–Crippen MR) is 95.6 cm³/mol. The lowest BCUT2D eigenvalue weighted by atomic mass is 10.1. The normalized spacial score (nSPS) is 10.5. The summed E-state index contributed by atoms with van der Waals surface area (Å²) in [5.74, 6) is -1.35. The maximum atomic E-state index is 12.4. The number of rotatable bonds is 3. The molecule has 0 saturated heterocycles. The molecule has 0 spiro atoms. The Kier molecular flexibility index (Phi) is 5.05. The highest BCUT2D eigenvalue weighted by Crippen LogP contribution is 2.33. The molecule has 1 aromatic carbocycles. The topological polar surface area (TPSA) is 66.4 Å². The van der Waals surface area contributed by atoms with Crippen molar-refractivity contribution in [3.8, 4) is 0 Å². The molecular weight excluding hydrogens is 469 g/mol. The van der Waals surface area contributed by atoms with Gasteiger partial charge in [0.2, 0.25) is 0 Å². The summed E-state index contributed by atoms with van der Waals surface area (Å²) in [6, 6.07) is 5.38. The van der Waals surface area contributed by atoms with Crippen molar-refractivity contribution >= 4 is 66.7 Å². The van der Waals surface area contributed by atoms with Gasteiger partial charge in [-0.1, -0.05) is 15.9 Å². The minimum atomic E-state index is -1.03. The standard InChI is InChI=1S/C14H11BrINO3S/c1-6-7(2)21-13(11(6)14(19)20)17-12(18)9-5-8(15)3-4-10(9)16/h3-5H,1-2H3,(H,17,18)(H,19,20). The number of carboxylic acids is 1. The first kappa shape index (κ1) is 16.4. The smallest absolute Gasteiger partial charge is 0.338 e. The third-order valence-electron chi connectivity index (χ3n) is 3.00. The van der Waals surface area contributed by atoms with E-state index in [9.17, 15) is 14.7 Å². The number of hydrogen-bond donors (Lipinski definition) is 2. The molecule has 4 nitrogen and oxygen atoms in total. The quantitative estimate of drug-likeness (QED) is 0.628. The lowest BCUT2D eigenvalue weighted by molar-refractivity contribution is 0.0697. The number of hydrogen-bond acceptors (Lipinski definition) is 3. The molecule has 2 aromatic rings. The number of carbonyl (C=O) groups is 2. The highest BCUT2D eigenvalue weighted by atomic mass is 127. The molecule has 1 heterocycles. The molecule has 0 bridgehead atoms. The number of aryl methyl sites for hydroxylation is 1. The number of thiophene rings is 1. The Balaban J connectivity index is 2.38. The van der Waals surface area contributed by atoms with Gasteiger partial charge in [-0.25, -0.2) is 4.79 Å². The molecular formula is C14H11BrINO3S. The second-order valence-electron chi connectivity index (χ2n) is 4.37. The van der Waals surface area contributed by atoms with Gasteiger partial charge in [-0.3, -0.25) is 4.79 Å². The number of anilines is 1. The zero-order chi connectivity index (χ0) is 15.7. The number of nitrogens with one attached hydrogen (secondary N) is 1. The largest absolute Gasteiger partial charge is 0.478 e. The van der Waals surface area contributed by atoms with E-state index in [0.29, 0.717) is 16.1 Å². The van der Waals surface area contributed by atoms with Crippen molar-refractivity contribution < 1.29 is 14.7 Å². The number of carbonyl (C=O) groups excluding carboxylic acids is 1. The Hall–Kier alpha value is -0.930. The molecule has 0 aliphatic carbocycles. The predicted octanol–water partition coefficient (Wildman–Crippen LogP) is 4.68. The fourth-order valence-electron chi connectivity index (χ4n) is 1.81. The van der Waals surface area contributed by atoms with Gasteiger partial charge in [-0.2, -0.15) is 0 Å². The van der Waals surface area contributed by atoms with E-state index in [-0.39, 0.29) is 11.5 Å². The molecule has 2 N–H and O–H groups in total. The van der Waals surface area contributed by atoms with Crippen LogP contribution in [0.5, 0.6) is 0 Å². The third-order valence-corrected chi connectivity index (χ3v) is 5.56. The molecule has 2 rings (SSSR count). The number of amides is 1. The summed E-state index contributed by atoms with van der Waals surface area (Å²) in [5.41, 5.74) is 1.35. The molecule has 1 aromatic heterocycles. The lowest BCUT2D eigenvalue weighted by Crippen LogP contribution is -2.15. The summed E-state index contributed by atoms with van der Waals surface area (Å²) in [7, 11) is 0. The average Bonchev–Trinajstić information content (AvgIpc) is 2.67. The van der Waals surface area contributed by atoms with Gasteiger partial charge in [0.15, 0.2) is 0 Å². The first-order valence-electron chi connectivity index (χ1n) is 5.91. The van der Waals surface area contributed by atoms with Crippen molar-refractivity contribution in [2.24, 2.45) is 0 Å². The van der Waals surface area contributed by atoms with Gasteiger partial charge < -0.3 is 10.4 Å². The van der Waals surface area contributed by atoms with Crippen LogP contribution >= 0.6 is 49.9 Å². The first-order chi connectivity index (χ1) is 9.81. The number of benzene rings is 1. The van der Waals surface area contributed by atoms with Crippen LogP contribution in [-0.4, -0.2) is 17.0 Å². The zero-order valence-electron chi connectivity index (χ0n) is 11.2. The molecule has 0 atom stereocenters. The van der Waals surface area contributed by atoms with E-state index in [1.807, 2.05) is 19.1 Å². The van der Waals surface area contributed by atoms with Gasteiger partial charge in [0.1, 0.15) is 5.00 Å². The van der Waals surface area contributed by atoms with E-state index in [1.165, 1.54) is 11.3 Å². The minimum absolute atomic E-state index is 0.163. The van der Waals surface area contributed by atoms with Crippen molar-refractivity contribution in [2.75, 3.05) is 5.32 Å². The summed E-state index contributed by atoms with van der Waals surface area (Å²) < 4.78 is 1.60. The van der Waals surface area contributed by atoms with Crippen molar-refractivity contribution in [3.05, 3.63) is 47.8 Å². The molecule has 7 heteroatoms. The fourth-order valence-corrected chi connectivity index (χ4v) is 3.80. The van der Waals surface area contributed by atoms with Crippen molar-refractivity contribution in [1.29, 1.82) is 0 Å². The fraction of sp³-hybridized carbons (Fsp3) is 0.143. The van der Waals surface area contributed by atoms with Crippen LogP contribution in [0, 0.1) is 17.4 Å². The zero-order valence-corrected chi connectivity index (χ0v) is 15.7. The Morgan fingerprint density at radius 1 is 1.33 bits per heavy atom. The Labute approximate surface area is 147 Å². The van der Waals surface area contributed by atoms with Crippen LogP contribution in [0.4, 0.5) is 5.00 Å². The van der Waals surface area contributed by atoms with E-state index < -0.39 is 5.97 Å². The highest BCUT2D eigenvalue weighted by molar-refractivity contribution is 14.1. The van der Waals surface area contributed by atoms with Crippen LogP contribution in [0.25, 0.3) is 0 Å². The number of carboxylic acid groups (broad SMARTS) is 1. The summed E-state index contributed by atoms with van der Waals surface area (Å²) in [5, 5.41) is 12.4. The van der Waals surface area contributed by atoms with E-state index in [2.05, 4.69) is 43.8 Å². The summed E-state index contributed by atoms with van der Waals surface area (Å²) in [6.07, 6.45) is 0. The monoisotopic (exact) mass is 479 g/mol. The average molecular weight is 480 g/mol. The Bertz CT molecular complexity index is 742. The van der Waals surface area contributed by atoms with Gasteiger partial charge in [0, 0.05) is 12.9 Å². The second-order valence-corrected chi connectivity index (χ2v) is 7.67. The van der Waals surface area contributed by atoms with Crippen LogP contribution in [0.3, 0.4) is 0 Å². The van der Waals surface area contributed by atoms with E-state index in [4.69, 9.17) is 0 Å². The van der Waals surface area contributed by atoms with Gasteiger partial charge in [-0.15, -0.1) is 11.3 Å². The molecule has 0 unspecified atom stereocenters. The molecule has 110 valence electrons. The highest BCUT2D eigenvalue weighted by Gasteiger charge is 2.21. The second kappa shape index (κ2) is 6.45. The van der Waals surface area contributed by atoms with E-state index >= 15 is 0 Å². The van der Waals surface area contributed by atoms with Gasteiger partial charge in [0.25, 0.3) is 5.91 Å². The van der Waals surface area contributed by atoms with Crippen molar-refractivity contribution in [3.63, 3.8) is 0 Å². The van der Waals surface area contributed by atoms with Crippen molar-refractivity contribution in [2.45, 2.75) is 13.8 Å². The summed E-state index contributed by atoms with van der Waals surface area (Å²) in [4.78, 5) is 24.6. The molecule has 21 heavy (non-hydrogen) atoms. The van der Waals surface area contributed by atoms with E-state index in [0.717, 1.165) is 12.9 Å². The van der Waals surface area contributed by atoms with Crippen molar-refractivity contribution in [1.82, 2.24) is 0 Å². The van der Waals surface area contributed by atoms with Crippen LogP contribution in [-0.2, 0) is 0 Å². The van der Waals surface area contributed by atoms with E-state index in [1.54, 1.807) is 13.0 Å². The summed E-state index contributed by atoms with van der Waals surface area (Å²) in [6.45, 7) is 3.58. The lowest BCUT2D eigenvalue weighted by Gasteiger charge is -2.07. The molecule has 1 amide bonds. The molecule has 0 aliphatic heterocycles. The van der Waals surface area contributed by atoms with Crippen LogP contribution in [0.1, 0.15) is 31.2 Å². The number of halogens is 2. The molecule has 0 fully saturated rings. The van der Waals surface area contributed by atoms with Gasteiger partial charge in [0.05, 0.1) is 11.1 Å². The van der Waals surface area contributed by atoms with Gasteiger partial charge >= 0.3 is 5.97 Å².